The summed E-state index contributed by atoms with van der Waals surface area (Å²) in [7, 11) is 0. The van der Waals surface area contributed by atoms with E-state index in [1.165, 1.54) is 0 Å². The van der Waals surface area contributed by atoms with Crippen molar-refractivity contribution < 1.29 is 9.53 Å². The summed E-state index contributed by atoms with van der Waals surface area (Å²) in [5, 5.41) is 2.95. The Morgan fingerprint density at radius 2 is 1.76 bits per heavy atom. The molecule has 0 radical (unpaired) electrons. The van der Waals surface area contributed by atoms with Crippen molar-refractivity contribution in [1.82, 2.24) is 5.32 Å². The van der Waals surface area contributed by atoms with Gasteiger partial charge in [0.25, 0.3) is 0 Å². The SMILES string of the molecule is CCOC(=O)CNC(=S)c1ccccc1-c1ccccc1. The first-order chi connectivity index (χ1) is 10.2. The van der Waals surface area contributed by atoms with Crippen molar-refractivity contribution in [3.05, 3.63) is 60.2 Å². The van der Waals surface area contributed by atoms with E-state index in [1.807, 2.05) is 54.6 Å². The number of benzene rings is 2. The largest absolute Gasteiger partial charge is 0.465 e. The van der Waals surface area contributed by atoms with Gasteiger partial charge < -0.3 is 10.1 Å². The molecule has 108 valence electrons. The fourth-order valence-corrected chi connectivity index (χ4v) is 2.26. The normalized spacial score (nSPS) is 9.95. The lowest BCUT2D eigenvalue weighted by Crippen LogP contribution is -2.30. The van der Waals surface area contributed by atoms with Crippen LogP contribution in [0.5, 0.6) is 0 Å². The average molecular weight is 299 g/mol. The summed E-state index contributed by atoms with van der Waals surface area (Å²) in [6.07, 6.45) is 0. The molecule has 0 spiro atoms. The van der Waals surface area contributed by atoms with Gasteiger partial charge in [-0.1, -0.05) is 66.8 Å². The monoisotopic (exact) mass is 299 g/mol. The molecule has 0 saturated heterocycles. The predicted molar refractivity (Wildman–Crippen MR) is 88.2 cm³/mol. The van der Waals surface area contributed by atoms with Crippen LogP contribution in [-0.2, 0) is 9.53 Å². The molecule has 0 amide bonds. The third-order valence-corrected chi connectivity index (χ3v) is 3.32. The second-order valence-electron chi connectivity index (χ2n) is 4.40. The van der Waals surface area contributed by atoms with Crippen molar-refractivity contribution in [2.24, 2.45) is 0 Å². The number of thiocarbonyl (C=S) groups is 1. The Kier molecular flexibility index (Phi) is 5.46. The first-order valence-corrected chi connectivity index (χ1v) is 7.21. The Labute approximate surface area is 129 Å². The Bertz CT molecular complexity index is 626. The van der Waals surface area contributed by atoms with Crippen LogP contribution < -0.4 is 5.32 Å². The third kappa shape index (κ3) is 4.13. The van der Waals surface area contributed by atoms with Gasteiger partial charge in [0.2, 0.25) is 0 Å². The van der Waals surface area contributed by atoms with Crippen molar-refractivity contribution in [2.75, 3.05) is 13.2 Å². The fourth-order valence-electron chi connectivity index (χ4n) is 2.01. The van der Waals surface area contributed by atoms with Crippen molar-refractivity contribution >= 4 is 23.2 Å². The molecule has 0 aromatic heterocycles. The molecule has 2 rings (SSSR count). The van der Waals surface area contributed by atoms with Crippen LogP contribution in [0.15, 0.2) is 54.6 Å². The van der Waals surface area contributed by atoms with Gasteiger partial charge in [0.05, 0.1) is 6.61 Å². The minimum Gasteiger partial charge on any atom is -0.465 e. The highest BCUT2D eigenvalue weighted by Gasteiger charge is 2.10. The van der Waals surface area contributed by atoms with E-state index in [-0.39, 0.29) is 12.5 Å². The molecule has 0 aliphatic rings. The number of carbonyl (C=O) groups excluding carboxylic acids is 1. The maximum atomic E-state index is 11.4. The molecule has 0 unspecified atom stereocenters. The number of rotatable bonds is 5. The van der Waals surface area contributed by atoms with Crippen LogP contribution in [0.1, 0.15) is 12.5 Å². The third-order valence-electron chi connectivity index (χ3n) is 2.96. The summed E-state index contributed by atoms with van der Waals surface area (Å²) < 4.78 is 4.88. The fraction of sp³-hybridized carbons (Fsp3) is 0.176. The quantitative estimate of drug-likeness (QED) is 0.680. The Morgan fingerprint density at radius 1 is 1.10 bits per heavy atom. The molecule has 21 heavy (non-hydrogen) atoms. The van der Waals surface area contributed by atoms with Crippen LogP contribution in [0.2, 0.25) is 0 Å². The molecule has 3 nitrogen and oxygen atoms in total. The highest BCUT2D eigenvalue weighted by Crippen LogP contribution is 2.23. The molecular formula is C17H17NO2S. The molecule has 0 bridgehead atoms. The predicted octanol–water partition coefficient (Wildman–Crippen LogP) is 3.18. The van der Waals surface area contributed by atoms with Crippen molar-refractivity contribution in [3.63, 3.8) is 0 Å². The summed E-state index contributed by atoms with van der Waals surface area (Å²) in [4.78, 5) is 11.9. The zero-order valence-electron chi connectivity index (χ0n) is 11.8. The lowest BCUT2D eigenvalue weighted by atomic mass is 10.00. The van der Waals surface area contributed by atoms with E-state index in [1.54, 1.807) is 6.92 Å². The van der Waals surface area contributed by atoms with Crippen molar-refractivity contribution in [2.45, 2.75) is 6.92 Å². The molecule has 1 N–H and O–H groups in total. The van der Waals surface area contributed by atoms with E-state index in [0.29, 0.717) is 11.6 Å². The standard InChI is InChI=1S/C17H17NO2S/c1-2-20-16(19)12-18-17(21)15-11-7-6-10-14(15)13-8-4-3-5-9-13/h3-11H,2,12H2,1H3,(H,18,21). The van der Waals surface area contributed by atoms with Gasteiger partial charge >= 0.3 is 5.97 Å². The Hall–Kier alpha value is -2.20. The number of carbonyl (C=O) groups is 1. The van der Waals surface area contributed by atoms with Gasteiger partial charge in [0.1, 0.15) is 11.5 Å². The molecule has 0 aliphatic heterocycles. The Balaban J connectivity index is 2.17. The van der Waals surface area contributed by atoms with Gasteiger partial charge in [-0.05, 0) is 18.1 Å². The van der Waals surface area contributed by atoms with E-state index in [9.17, 15) is 4.79 Å². The highest BCUT2D eigenvalue weighted by molar-refractivity contribution is 7.80. The molecule has 4 heteroatoms. The van der Waals surface area contributed by atoms with Crippen LogP contribution in [0, 0.1) is 0 Å². The summed E-state index contributed by atoms with van der Waals surface area (Å²) in [5.41, 5.74) is 3.04. The van der Waals surface area contributed by atoms with Crippen molar-refractivity contribution in [3.8, 4) is 11.1 Å². The second-order valence-corrected chi connectivity index (χ2v) is 4.81. The molecular weight excluding hydrogens is 282 g/mol. The number of esters is 1. The van der Waals surface area contributed by atoms with Crippen LogP contribution in [-0.4, -0.2) is 24.1 Å². The second kappa shape index (κ2) is 7.55. The summed E-state index contributed by atoms with van der Waals surface area (Å²) in [5.74, 6) is -0.308. The first-order valence-electron chi connectivity index (χ1n) is 6.80. The number of hydrogen-bond donors (Lipinski definition) is 1. The molecule has 0 saturated carbocycles. The lowest BCUT2D eigenvalue weighted by Gasteiger charge is -2.12. The zero-order chi connectivity index (χ0) is 15.1. The van der Waals surface area contributed by atoms with E-state index in [0.717, 1.165) is 16.7 Å². The van der Waals surface area contributed by atoms with Crippen LogP contribution in [0.4, 0.5) is 0 Å². The summed E-state index contributed by atoms with van der Waals surface area (Å²) >= 11 is 5.39. The molecule has 2 aromatic carbocycles. The van der Waals surface area contributed by atoms with E-state index < -0.39 is 0 Å². The van der Waals surface area contributed by atoms with Gasteiger partial charge in [-0.3, -0.25) is 4.79 Å². The van der Waals surface area contributed by atoms with Crippen LogP contribution >= 0.6 is 12.2 Å². The topological polar surface area (TPSA) is 38.3 Å². The van der Waals surface area contributed by atoms with Gasteiger partial charge in [0.15, 0.2) is 0 Å². The smallest absolute Gasteiger partial charge is 0.325 e. The first kappa shape index (κ1) is 15.2. The van der Waals surface area contributed by atoms with Gasteiger partial charge in [0, 0.05) is 5.56 Å². The van der Waals surface area contributed by atoms with E-state index in [4.69, 9.17) is 17.0 Å². The van der Waals surface area contributed by atoms with Gasteiger partial charge in [-0.2, -0.15) is 0 Å². The van der Waals surface area contributed by atoms with E-state index in [2.05, 4.69) is 5.32 Å². The minimum absolute atomic E-state index is 0.0792. The average Bonchev–Trinajstić information content (AvgIpc) is 2.54. The number of hydrogen-bond acceptors (Lipinski definition) is 3. The minimum atomic E-state index is -0.308. The van der Waals surface area contributed by atoms with Crippen LogP contribution in [0.3, 0.4) is 0 Å². The molecule has 0 fully saturated rings. The maximum Gasteiger partial charge on any atom is 0.325 e. The summed E-state index contributed by atoms with van der Waals surface area (Å²) in [6, 6.07) is 17.9. The Morgan fingerprint density at radius 3 is 2.48 bits per heavy atom. The molecule has 2 aromatic rings. The lowest BCUT2D eigenvalue weighted by molar-refractivity contribution is -0.141. The highest BCUT2D eigenvalue weighted by atomic mass is 32.1. The summed E-state index contributed by atoms with van der Waals surface area (Å²) in [6.45, 7) is 2.23. The maximum absolute atomic E-state index is 11.4. The molecule has 0 heterocycles. The molecule has 0 aliphatic carbocycles. The van der Waals surface area contributed by atoms with Gasteiger partial charge in [-0.15, -0.1) is 0 Å². The number of ether oxygens (including phenoxy) is 1. The number of nitrogens with one attached hydrogen (secondary N) is 1. The zero-order valence-corrected chi connectivity index (χ0v) is 12.7. The van der Waals surface area contributed by atoms with Crippen molar-refractivity contribution in [1.29, 1.82) is 0 Å². The molecule has 0 atom stereocenters. The van der Waals surface area contributed by atoms with Gasteiger partial charge in [-0.25, -0.2) is 0 Å². The van der Waals surface area contributed by atoms with E-state index >= 15 is 0 Å². The van der Waals surface area contributed by atoms with Crippen LogP contribution in [0.25, 0.3) is 11.1 Å².